The number of thiazole rings is 1. The fourth-order valence-corrected chi connectivity index (χ4v) is 4.50. The first-order chi connectivity index (χ1) is 9.89. The van der Waals surface area contributed by atoms with Gasteiger partial charge in [0.25, 0.3) is 0 Å². The molecule has 1 aromatic heterocycles. The van der Waals surface area contributed by atoms with E-state index in [0.29, 0.717) is 13.2 Å². The molecule has 1 saturated carbocycles. The molecule has 0 spiro atoms. The number of hydrogen-bond acceptors (Lipinski definition) is 5. The lowest BCUT2D eigenvalue weighted by Crippen LogP contribution is -2.80. The van der Waals surface area contributed by atoms with Gasteiger partial charge >= 0.3 is 0 Å². The van der Waals surface area contributed by atoms with Gasteiger partial charge in [0.15, 0.2) is 0 Å². The summed E-state index contributed by atoms with van der Waals surface area (Å²) in [5.74, 6) is 0.293. The smallest absolute Gasteiger partial charge is 0.241 e. The molecule has 116 valence electrons. The maximum Gasteiger partial charge on any atom is 0.241 e. The van der Waals surface area contributed by atoms with Gasteiger partial charge in [0.05, 0.1) is 11.1 Å². The molecule has 1 aromatic rings. The Kier molecular flexibility index (Phi) is 3.58. The number of aromatic nitrogens is 1. The van der Waals surface area contributed by atoms with Gasteiger partial charge < -0.3 is 15.8 Å². The molecule has 1 saturated heterocycles. The second kappa shape index (κ2) is 5.04. The summed E-state index contributed by atoms with van der Waals surface area (Å²) in [6, 6.07) is 0. The number of carbonyl (C=O) groups is 1. The SMILES string of the molecule is CC(CNC(=O)C1(N)C2CCOC2C1(C)C)c1nccs1. The normalized spacial score (nSPS) is 34.9. The van der Waals surface area contributed by atoms with E-state index in [1.54, 1.807) is 17.5 Å². The quantitative estimate of drug-likeness (QED) is 0.884. The zero-order chi connectivity index (χ0) is 15.3. The molecule has 1 aliphatic heterocycles. The lowest BCUT2D eigenvalue weighted by molar-refractivity contribution is -0.175. The highest BCUT2D eigenvalue weighted by Gasteiger charge is 2.71. The fraction of sp³-hybridized carbons (Fsp3) is 0.733. The molecular weight excluding hydrogens is 286 g/mol. The Balaban J connectivity index is 1.65. The van der Waals surface area contributed by atoms with Crippen LogP contribution in [0.15, 0.2) is 11.6 Å². The third-order valence-corrected chi connectivity index (χ3v) is 6.28. The Morgan fingerprint density at radius 3 is 3.10 bits per heavy atom. The van der Waals surface area contributed by atoms with Crippen molar-refractivity contribution in [2.24, 2.45) is 17.1 Å². The number of ether oxygens (including phenoxy) is 1. The van der Waals surface area contributed by atoms with Gasteiger partial charge in [-0.25, -0.2) is 4.98 Å². The Bertz CT molecular complexity index is 531. The van der Waals surface area contributed by atoms with Gasteiger partial charge in [0.2, 0.25) is 5.91 Å². The monoisotopic (exact) mass is 309 g/mol. The molecule has 6 heteroatoms. The Morgan fingerprint density at radius 2 is 2.43 bits per heavy atom. The zero-order valence-corrected chi connectivity index (χ0v) is 13.6. The van der Waals surface area contributed by atoms with Crippen molar-refractivity contribution < 1.29 is 9.53 Å². The molecule has 0 radical (unpaired) electrons. The molecule has 0 aromatic carbocycles. The van der Waals surface area contributed by atoms with Crippen molar-refractivity contribution >= 4 is 17.2 Å². The van der Waals surface area contributed by atoms with E-state index in [0.717, 1.165) is 11.4 Å². The molecule has 0 bridgehead atoms. The molecule has 2 aliphatic rings. The first-order valence-corrected chi connectivity index (χ1v) is 8.35. The highest BCUT2D eigenvalue weighted by Crippen LogP contribution is 2.58. The topological polar surface area (TPSA) is 77.2 Å². The minimum Gasteiger partial charge on any atom is -0.377 e. The van der Waals surface area contributed by atoms with Crippen molar-refractivity contribution in [2.45, 2.75) is 44.8 Å². The summed E-state index contributed by atoms with van der Waals surface area (Å²) >= 11 is 1.61. The summed E-state index contributed by atoms with van der Waals surface area (Å²) in [5.41, 5.74) is 5.37. The summed E-state index contributed by atoms with van der Waals surface area (Å²) in [6.45, 7) is 7.41. The number of carbonyl (C=O) groups excluding carboxylic acids is 1. The lowest BCUT2D eigenvalue weighted by Gasteiger charge is -2.60. The molecule has 4 unspecified atom stereocenters. The Morgan fingerprint density at radius 1 is 1.67 bits per heavy atom. The third-order valence-electron chi connectivity index (χ3n) is 5.27. The van der Waals surface area contributed by atoms with E-state index < -0.39 is 5.54 Å². The summed E-state index contributed by atoms with van der Waals surface area (Å²) in [6.07, 6.45) is 2.78. The van der Waals surface area contributed by atoms with E-state index in [9.17, 15) is 4.79 Å². The van der Waals surface area contributed by atoms with Gasteiger partial charge in [0, 0.05) is 42.0 Å². The summed E-state index contributed by atoms with van der Waals surface area (Å²) in [5, 5.41) is 6.02. The molecule has 2 fully saturated rings. The molecule has 4 atom stereocenters. The number of fused-ring (bicyclic) bond motifs is 1. The fourth-order valence-electron chi connectivity index (χ4n) is 3.80. The predicted octanol–water partition coefficient (Wildman–Crippen LogP) is 1.51. The molecule has 3 rings (SSSR count). The van der Waals surface area contributed by atoms with Crippen molar-refractivity contribution in [1.29, 1.82) is 0 Å². The van der Waals surface area contributed by atoms with Crippen molar-refractivity contribution in [3.8, 4) is 0 Å². The van der Waals surface area contributed by atoms with Gasteiger partial charge in [-0.2, -0.15) is 0 Å². The first-order valence-electron chi connectivity index (χ1n) is 7.47. The largest absolute Gasteiger partial charge is 0.377 e. The third kappa shape index (κ3) is 2.04. The van der Waals surface area contributed by atoms with Crippen LogP contribution in [0.2, 0.25) is 0 Å². The van der Waals surface area contributed by atoms with Gasteiger partial charge in [0.1, 0.15) is 5.54 Å². The first kappa shape index (κ1) is 14.9. The van der Waals surface area contributed by atoms with Crippen molar-refractivity contribution in [3.05, 3.63) is 16.6 Å². The maximum absolute atomic E-state index is 12.7. The number of nitrogens with one attached hydrogen (secondary N) is 1. The minimum absolute atomic E-state index is 0.0531. The van der Waals surface area contributed by atoms with Crippen molar-refractivity contribution in [2.75, 3.05) is 13.2 Å². The van der Waals surface area contributed by atoms with Crippen LogP contribution >= 0.6 is 11.3 Å². The molecule has 1 amide bonds. The summed E-state index contributed by atoms with van der Waals surface area (Å²) < 4.78 is 5.73. The molecule has 1 aliphatic carbocycles. The average Bonchev–Trinajstić information content (AvgIpc) is 3.12. The van der Waals surface area contributed by atoms with Crippen LogP contribution in [-0.4, -0.2) is 35.7 Å². The Labute approximate surface area is 129 Å². The molecule has 2 heterocycles. The van der Waals surface area contributed by atoms with E-state index in [4.69, 9.17) is 10.5 Å². The van der Waals surface area contributed by atoms with E-state index in [-0.39, 0.29) is 29.3 Å². The van der Waals surface area contributed by atoms with Gasteiger partial charge in [-0.05, 0) is 6.42 Å². The minimum atomic E-state index is -0.823. The van der Waals surface area contributed by atoms with E-state index in [1.807, 2.05) is 19.2 Å². The van der Waals surface area contributed by atoms with Gasteiger partial charge in [-0.15, -0.1) is 11.3 Å². The van der Waals surface area contributed by atoms with Crippen LogP contribution in [0, 0.1) is 11.3 Å². The number of hydrogen-bond donors (Lipinski definition) is 2. The maximum atomic E-state index is 12.7. The average molecular weight is 309 g/mol. The highest BCUT2D eigenvalue weighted by molar-refractivity contribution is 7.09. The highest BCUT2D eigenvalue weighted by atomic mass is 32.1. The molecular formula is C15H23N3O2S. The van der Waals surface area contributed by atoms with Crippen LogP contribution in [0.1, 0.15) is 38.1 Å². The van der Waals surface area contributed by atoms with Crippen LogP contribution in [0.25, 0.3) is 0 Å². The molecule has 21 heavy (non-hydrogen) atoms. The van der Waals surface area contributed by atoms with Crippen LogP contribution in [0.4, 0.5) is 0 Å². The number of amides is 1. The summed E-state index contributed by atoms with van der Waals surface area (Å²) in [4.78, 5) is 17.0. The Hall–Kier alpha value is -0.980. The molecule has 3 N–H and O–H groups in total. The van der Waals surface area contributed by atoms with Crippen LogP contribution in [-0.2, 0) is 9.53 Å². The predicted molar refractivity (Wildman–Crippen MR) is 82.1 cm³/mol. The second-order valence-corrected chi connectivity index (χ2v) is 7.68. The zero-order valence-electron chi connectivity index (χ0n) is 12.8. The van der Waals surface area contributed by atoms with E-state index in [1.165, 1.54) is 0 Å². The lowest BCUT2D eigenvalue weighted by atomic mass is 9.48. The van der Waals surface area contributed by atoms with E-state index in [2.05, 4.69) is 17.2 Å². The van der Waals surface area contributed by atoms with Crippen LogP contribution in [0.5, 0.6) is 0 Å². The van der Waals surface area contributed by atoms with Gasteiger partial charge in [-0.1, -0.05) is 20.8 Å². The van der Waals surface area contributed by atoms with Gasteiger partial charge in [-0.3, -0.25) is 4.79 Å². The van der Waals surface area contributed by atoms with Crippen LogP contribution < -0.4 is 11.1 Å². The van der Waals surface area contributed by atoms with Crippen molar-refractivity contribution in [3.63, 3.8) is 0 Å². The van der Waals surface area contributed by atoms with Crippen LogP contribution in [0.3, 0.4) is 0 Å². The van der Waals surface area contributed by atoms with E-state index >= 15 is 0 Å². The molecule has 5 nitrogen and oxygen atoms in total. The number of rotatable bonds is 4. The summed E-state index contributed by atoms with van der Waals surface area (Å²) in [7, 11) is 0. The van der Waals surface area contributed by atoms with Crippen molar-refractivity contribution in [1.82, 2.24) is 10.3 Å². The number of nitrogens with two attached hydrogens (primary N) is 1. The second-order valence-electron chi connectivity index (χ2n) is 6.76. The number of nitrogens with zero attached hydrogens (tertiary/aromatic N) is 1. The standard InChI is InChI=1S/C15H23N3O2S/c1-9(12-17-5-7-21-12)8-18-13(19)15(16)10-4-6-20-11(10)14(15,2)3/h5,7,9-11H,4,6,8,16H2,1-3H3,(H,18,19).